The van der Waals surface area contributed by atoms with E-state index in [4.69, 9.17) is 0 Å². The summed E-state index contributed by atoms with van der Waals surface area (Å²) in [7, 11) is 0. The first-order valence-corrected chi connectivity index (χ1v) is 6.57. The Hall–Kier alpha value is -1.28. The third-order valence-corrected chi connectivity index (χ3v) is 3.62. The van der Waals surface area contributed by atoms with Crippen molar-refractivity contribution in [1.82, 2.24) is 0 Å². The average Bonchev–Trinajstić information content (AvgIpc) is 2.34. The van der Waals surface area contributed by atoms with Crippen molar-refractivity contribution in [3.8, 4) is 5.75 Å². The van der Waals surface area contributed by atoms with Crippen LogP contribution in [0.25, 0.3) is 0 Å². The van der Waals surface area contributed by atoms with Gasteiger partial charge in [-0.25, -0.2) is 0 Å². The van der Waals surface area contributed by atoms with Gasteiger partial charge in [0.15, 0.2) is 0 Å². The Morgan fingerprint density at radius 3 is 2.12 bits per heavy atom. The quantitative estimate of drug-likeness (QED) is 0.889. The van der Waals surface area contributed by atoms with Crippen LogP contribution >= 0.6 is 15.9 Å². The zero-order valence-corrected chi connectivity index (χ0v) is 11.2. The molecule has 2 rings (SSSR count). The second-order valence-corrected chi connectivity index (χ2v) is 4.93. The van der Waals surface area contributed by atoms with E-state index in [-0.39, 0.29) is 0 Å². The van der Waals surface area contributed by atoms with Crippen molar-refractivity contribution in [2.45, 2.75) is 19.3 Å². The number of para-hydroxylation sites is 1. The van der Waals surface area contributed by atoms with Gasteiger partial charge in [0.2, 0.25) is 0 Å². The molecule has 2 aromatic rings. The van der Waals surface area contributed by atoms with Crippen LogP contribution < -0.4 is 0 Å². The summed E-state index contributed by atoms with van der Waals surface area (Å²) in [5, 5.41) is 9.65. The summed E-state index contributed by atoms with van der Waals surface area (Å²) in [4.78, 5) is 0. The van der Waals surface area contributed by atoms with Gasteiger partial charge in [0.1, 0.15) is 5.75 Å². The van der Waals surface area contributed by atoms with E-state index in [1.54, 1.807) is 6.07 Å². The number of phenols is 1. The molecule has 0 unspecified atom stereocenters. The number of hydrogen-bond donors (Lipinski definition) is 1. The van der Waals surface area contributed by atoms with Crippen LogP contribution in [0.1, 0.15) is 17.5 Å². The van der Waals surface area contributed by atoms with E-state index in [2.05, 4.69) is 34.1 Å². The van der Waals surface area contributed by atoms with E-state index in [9.17, 15) is 5.11 Å². The highest BCUT2D eigenvalue weighted by molar-refractivity contribution is 9.10. The minimum atomic E-state index is 0.402. The van der Waals surface area contributed by atoms with Crippen molar-refractivity contribution in [1.29, 1.82) is 0 Å². The summed E-state index contributed by atoms with van der Waals surface area (Å²) in [5.74, 6) is 0.402. The Morgan fingerprint density at radius 2 is 1.41 bits per heavy atom. The number of halogens is 1. The molecule has 0 spiro atoms. The van der Waals surface area contributed by atoms with E-state index in [1.165, 1.54) is 5.56 Å². The normalized spacial score (nSPS) is 10.4. The molecular weight excluding hydrogens is 276 g/mol. The molecule has 1 nitrogen and oxygen atoms in total. The fourth-order valence-corrected chi connectivity index (χ4v) is 2.38. The molecule has 0 amide bonds. The topological polar surface area (TPSA) is 20.2 Å². The van der Waals surface area contributed by atoms with Crippen LogP contribution in [0.2, 0.25) is 0 Å². The zero-order chi connectivity index (χ0) is 12.1. The molecule has 0 saturated heterocycles. The Bertz CT molecular complexity index is 448. The van der Waals surface area contributed by atoms with Crippen molar-refractivity contribution < 1.29 is 5.11 Å². The maximum atomic E-state index is 9.65. The fourth-order valence-electron chi connectivity index (χ4n) is 1.89. The summed E-state index contributed by atoms with van der Waals surface area (Å²) in [6, 6.07) is 15.8. The van der Waals surface area contributed by atoms with Gasteiger partial charge in [-0.2, -0.15) is 0 Å². The fraction of sp³-hybridized carbons (Fsp3) is 0.200. The SMILES string of the molecule is Oc1ccccc1CCCc1ccccc1Br. The lowest BCUT2D eigenvalue weighted by molar-refractivity contribution is 0.467. The summed E-state index contributed by atoms with van der Waals surface area (Å²) in [6.07, 6.45) is 2.98. The van der Waals surface area contributed by atoms with Crippen LogP contribution in [-0.2, 0) is 12.8 Å². The first-order valence-electron chi connectivity index (χ1n) is 5.77. The smallest absolute Gasteiger partial charge is 0.118 e. The van der Waals surface area contributed by atoms with Crippen LogP contribution in [0.3, 0.4) is 0 Å². The first kappa shape index (κ1) is 12.2. The van der Waals surface area contributed by atoms with Crippen LogP contribution in [0.4, 0.5) is 0 Å². The van der Waals surface area contributed by atoms with Gasteiger partial charge in [-0.05, 0) is 42.5 Å². The molecule has 0 aliphatic carbocycles. The van der Waals surface area contributed by atoms with E-state index in [0.717, 1.165) is 29.3 Å². The highest BCUT2D eigenvalue weighted by Crippen LogP contribution is 2.21. The molecule has 0 bridgehead atoms. The lowest BCUT2D eigenvalue weighted by Crippen LogP contribution is -1.91. The van der Waals surface area contributed by atoms with E-state index in [1.807, 2.05) is 24.3 Å². The molecule has 0 aliphatic rings. The van der Waals surface area contributed by atoms with Gasteiger partial charge in [-0.3, -0.25) is 0 Å². The van der Waals surface area contributed by atoms with Crippen LogP contribution in [-0.4, -0.2) is 5.11 Å². The number of benzene rings is 2. The van der Waals surface area contributed by atoms with Crippen LogP contribution in [0.15, 0.2) is 53.0 Å². The predicted octanol–water partition coefficient (Wildman–Crippen LogP) is 4.33. The maximum absolute atomic E-state index is 9.65. The van der Waals surface area contributed by atoms with Crippen molar-refractivity contribution >= 4 is 15.9 Å². The van der Waals surface area contributed by atoms with Gasteiger partial charge in [0.05, 0.1) is 0 Å². The zero-order valence-electron chi connectivity index (χ0n) is 9.57. The summed E-state index contributed by atoms with van der Waals surface area (Å²) in [6.45, 7) is 0. The van der Waals surface area contributed by atoms with Crippen molar-refractivity contribution in [3.63, 3.8) is 0 Å². The third kappa shape index (κ3) is 3.34. The average molecular weight is 291 g/mol. The molecule has 0 fully saturated rings. The van der Waals surface area contributed by atoms with Crippen LogP contribution in [0.5, 0.6) is 5.75 Å². The molecule has 17 heavy (non-hydrogen) atoms. The number of hydrogen-bond acceptors (Lipinski definition) is 1. The highest BCUT2D eigenvalue weighted by atomic mass is 79.9. The van der Waals surface area contributed by atoms with Gasteiger partial charge in [-0.15, -0.1) is 0 Å². The highest BCUT2D eigenvalue weighted by Gasteiger charge is 2.01. The van der Waals surface area contributed by atoms with Gasteiger partial charge in [0, 0.05) is 4.47 Å². The molecule has 0 atom stereocenters. The molecular formula is C15H15BrO. The molecule has 2 aromatic carbocycles. The molecule has 2 heteroatoms. The Labute approximate surface area is 110 Å². The second kappa shape index (κ2) is 5.87. The largest absolute Gasteiger partial charge is 0.508 e. The second-order valence-electron chi connectivity index (χ2n) is 4.07. The number of rotatable bonds is 4. The Balaban J connectivity index is 1.93. The summed E-state index contributed by atoms with van der Waals surface area (Å²) < 4.78 is 1.16. The standard InChI is InChI=1S/C15H15BrO/c16-14-10-3-1-6-12(14)8-5-9-13-7-2-4-11-15(13)17/h1-4,6-7,10-11,17H,5,8-9H2. The number of aryl methyl sites for hydroxylation is 2. The Kier molecular flexibility index (Phi) is 4.21. The number of phenolic OH excluding ortho intramolecular Hbond substituents is 1. The van der Waals surface area contributed by atoms with Gasteiger partial charge in [-0.1, -0.05) is 52.3 Å². The van der Waals surface area contributed by atoms with Crippen molar-refractivity contribution in [2.24, 2.45) is 0 Å². The van der Waals surface area contributed by atoms with E-state index in [0.29, 0.717) is 5.75 Å². The molecule has 0 saturated carbocycles. The van der Waals surface area contributed by atoms with Gasteiger partial charge < -0.3 is 5.11 Å². The minimum absolute atomic E-state index is 0.402. The third-order valence-electron chi connectivity index (χ3n) is 2.84. The first-order chi connectivity index (χ1) is 8.27. The van der Waals surface area contributed by atoms with Crippen molar-refractivity contribution in [3.05, 3.63) is 64.1 Å². The van der Waals surface area contributed by atoms with Crippen LogP contribution in [0, 0.1) is 0 Å². The summed E-state index contributed by atoms with van der Waals surface area (Å²) >= 11 is 3.55. The predicted molar refractivity (Wildman–Crippen MR) is 74.3 cm³/mol. The summed E-state index contributed by atoms with van der Waals surface area (Å²) in [5.41, 5.74) is 2.35. The van der Waals surface area contributed by atoms with E-state index >= 15 is 0 Å². The number of aromatic hydroxyl groups is 1. The minimum Gasteiger partial charge on any atom is -0.508 e. The lowest BCUT2D eigenvalue weighted by Gasteiger charge is -2.05. The molecule has 0 aliphatic heterocycles. The van der Waals surface area contributed by atoms with Crippen molar-refractivity contribution in [2.75, 3.05) is 0 Å². The van der Waals surface area contributed by atoms with Gasteiger partial charge >= 0.3 is 0 Å². The monoisotopic (exact) mass is 290 g/mol. The molecule has 1 N–H and O–H groups in total. The Morgan fingerprint density at radius 1 is 0.824 bits per heavy atom. The molecule has 0 heterocycles. The lowest BCUT2D eigenvalue weighted by atomic mass is 10.0. The molecule has 0 aromatic heterocycles. The van der Waals surface area contributed by atoms with E-state index < -0.39 is 0 Å². The molecule has 0 radical (unpaired) electrons. The molecule has 88 valence electrons. The van der Waals surface area contributed by atoms with Gasteiger partial charge in [0.25, 0.3) is 0 Å². The maximum Gasteiger partial charge on any atom is 0.118 e.